The molecule has 4 nitrogen and oxygen atoms in total. The molecule has 25 heavy (non-hydrogen) atoms. The molecular weight excluding hydrogens is 334 g/mol. The van der Waals surface area contributed by atoms with Crippen LogP contribution in [-0.2, 0) is 4.74 Å². The van der Waals surface area contributed by atoms with Gasteiger partial charge in [0.25, 0.3) is 0 Å². The third-order valence-electron chi connectivity index (χ3n) is 4.31. The molecule has 3 aromatic rings. The SMILES string of the molecule is Clc1ccc(-c2cc(-c3ccccc3)c(N3CCOCC3)nn2)cc1. The predicted octanol–water partition coefficient (Wildman–Crippen LogP) is 4.30. The summed E-state index contributed by atoms with van der Waals surface area (Å²) in [4.78, 5) is 2.24. The lowest BCUT2D eigenvalue weighted by atomic mass is 10.0. The average molecular weight is 352 g/mol. The molecule has 2 aromatic carbocycles. The van der Waals surface area contributed by atoms with Crippen LogP contribution in [0.4, 0.5) is 5.82 Å². The molecule has 1 aromatic heterocycles. The van der Waals surface area contributed by atoms with E-state index >= 15 is 0 Å². The number of ether oxygens (including phenoxy) is 1. The summed E-state index contributed by atoms with van der Waals surface area (Å²) in [7, 11) is 0. The van der Waals surface area contributed by atoms with E-state index < -0.39 is 0 Å². The average Bonchev–Trinajstić information content (AvgIpc) is 2.69. The van der Waals surface area contributed by atoms with Gasteiger partial charge in [-0.1, -0.05) is 54.1 Å². The molecule has 4 rings (SSSR count). The Morgan fingerprint density at radius 1 is 0.840 bits per heavy atom. The molecule has 0 saturated carbocycles. The summed E-state index contributed by atoms with van der Waals surface area (Å²) in [5.41, 5.74) is 4.06. The number of morpholine rings is 1. The van der Waals surface area contributed by atoms with Crippen LogP contribution in [0.2, 0.25) is 5.02 Å². The van der Waals surface area contributed by atoms with Crippen LogP contribution in [-0.4, -0.2) is 36.5 Å². The van der Waals surface area contributed by atoms with Crippen molar-refractivity contribution in [3.63, 3.8) is 0 Å². The lowest BCUT2D eigenvalue weighted by Crippen LogP contribution is -2.37. The van der Waals surface area contributed by atoms with Gasteiger partial charge >= 0.3 is 0 Å². The molecule has 1 saturated heterocycles. The highest BCUT2D eigenvalue weighted by atomic mass is 35.5. The third kappa shape index (κ3) is 3.50. The summed E-state index contributed by atoms with van der Waals surface area (Å²) >= 11 is 6.00. The monoisotopic (exact) mass is 351 g/mol. The lowest BCUT2D eigenvalue weighted by Gasteiger charge is -2.29. The summed E-state index contributed by atoms with van der Waals surface area (Å²) in [6.07, 6.45) is 0. The van der Waals surface area contributed by atoms with Gasteiger partial charge in [-0.2, -0.15) is 0 Å². The van der Waals surface area contributed by atoms with Crippen LogP contribution in [0.25, 0.3) is 22.4 Å². The molecule has 126 valence electrons. The summed E-state index contributed by atoms with van der Waals surface area (Å²) in [5.74, 6) is 0.909. The van der Waals surface area contributed by atoms with Gasteiger partial charge in [0.05, 0.1) is 18.9 Å². The molecule has 0 unspecified atom stereocenters. The van der Waals surface area contributed by atoms with E-state index in [-0.39, 0.29) is 0 Å². The van der Waals surface area contributed by atoms with Crippen molar-refractivity contribution < 1.29 is 4.74 Å². The maximum atomic E-state index is 6.00. The first-order valence-corrected chi connectivity index (χ1v) is 8.71. The molecule has 0 N–H and O–H groups in total. The van der Waals surface area contributed by atoms with E-state index in [0.29, 0.717) is 5.02 Å². The van der Waals surface area contributed by atoms with Crippen molar-refractivity contribution >= 4 is 17.4 Å². The quantitative estimate of drug-likeness (QED) is 0.705. The van der Waals surface area contributed by atoms with E-state index in [1.807, 2.05) is 42.5 Å². The zero-order valence-corrected chi connectivity index (χ0v) is 14.5. The minimum atomic E-state index is 0.713. The van der Waals surface area contributed by atoms with Gasteiger partial charge in [0.1, 0.15) is 0 Å². The number of anilines is 1. The molecule has 0 amide bonds. The lowest BCUT2D eigenvalue weighted by molar-refractivity contribution is 0.122. The van der Waals surface area contributed by atoms with E-state index in [1.165, 1.54) is 0 Å². The summed E-state index contributed by atoms with van der Waals surface area (Å²) in [6.45, 7) is 3.09. The summed E-state index contributed by atoms with van der Waals surface area (Å²) in [5, 5.41) is 9.74. The van der Waals surface area contributed by atoms with Gasteiger partial charge in [0.2, 0.25) is 0 Å². The van der Waals surface area contributed by atoms with Crippen molar-refractivity contribution in [2.45, 2.75) is 0 Å². The topological polar surface area (TPSA) is 38.2 Å². The van der Waals surface area contributed by atoms with Crippen LogP contribution in [0, 0.1) is 0 Å². The molecule has 0 bridgehead atoms. The number of rotatable bonds is 3. The highest BCUT2D eigenvalue weighted by molar-refractivity contribution is 6.30. The fourth-order valence-electron chi connectivity index (χ4n) is 2.99. The van der Waals surface area contributed by atoms with Crippen LogP contribution in [0.15, 0.2) is 60.7 Å². The number of halogens is 1. The van der Waals surface area contributed by atoms with Crippen molar-refractivity contribution in [2.24, 2.45) is 0 Å². The summed E-state index contributed by atoms with van der Waals surface area (Å²) in [6, 6.07) is 20.1. The van der Waals surface area contributed by atoms with Crippen LogP contribution in [0.1, 0.15) is 0 Å². The smallest absolute Gasteiger partial charge is 0.159 e. The molecule has 1 aliphatic rings. The Morgan fingerprint density at radius 2 is 1.56 bits per heavy atom. The van der Waals surface area contributed by atoms with Crippen LogP contribution in [0.3, 0.4) is 0 Å². The number of aromatic nitrogens is 2. The van der Waals surface area contributed by atoms with Gasteiger partial charge in [0, 0.05) is 29.2 Å². The normalized spacial score (nSPS) is 14.5. The first kappa shape index (κ1) is 16.1. The van der Waals surface area contributed by atoms with Crippen LogP contribution >= 0.6 is 11.6 Å². The third-order valence-corrected chi connectivity index (χ3v) is 4.56. The number of hydrogen-bond donors (Lipinski definition) is 0. The highest BCUT2D eigenvalue weighted by Gasteiger charge is 2.19. The minimum Gasteiger partial charge on any atom is -0.378 e. The molecule has 1 fully saturated rings. The molecular formula is C20H18ClN3O. The number of nitrogens with zero attached hydrogens (tertiary/aromatic N) is 3. The van der Waals surface area contributed by atoms with Crippen molar-refractivity contribution in [1.82, 2.24) is 10.2 Å². The largest absolute Gasteiger partial charge is 0.378 e. The minimum absolute atomic E-state index is 0.713. The Balaban J connectivity index is 1.80. The first-order valence-electron chi connectivity index (χ1n) is 8.33. The van der Waals surface area contributed by atoms with Crippen molar-refractivity contribution in [2.75, 3.05) is 31.2 Å². The van der Waals surface area contributed by atoms with Crippen molar-refractivity contribution in [3.05, 3.63) is 65.7 Å². The van der Waals surface area contributed by atoms with E-state index in [4.69, 9.17) is 16.3 Å². The van der Waals surface area contributed by atoms with Gasteiger partial charge in [-0.25, -0.2) is 0 Å². The molecule has 2 heterocycles. The van der Waals surface area contributed by atoms with E-state index in [1.54, 1.807) is 0 Å². The number of benzene rings is 2. The Kier molecular flexibility index (Phi) is 4.63. The zero-order chi connectivity index (χ0) is 17.1. The van der Waals surface area contributed by atoms with Gasteiger partial charge in [-0.05, 0) is 23.8 Å². The van der Waals surface area contributed by atoms with Gasteiger partial charge < -0.3 is 9.64 Å². The predicted molar refractivity (Wildman–Crippen MR) is 101 cm³/mol. The van der Waals surface area contributed by atoms with Crippen LogP contribution < -0.4 is 4.90 Å². The zero-order valence-electron chi connectivity index (χ0n) is 13.7. The van der Waals surface area contributed by atoms with Crippen molar-refractivity contribution in [1.29, 1.82) is 0 Å². The molecule has 0 spiro atoms. The second-order valence-corrected chi connectivity index (χ2v) is 6.38. The molecule has 1 aliphatic heterocycles. The number of hydrogen-bond acceptors (Lipinski definition) is 4. The van der Waals surface area contributed by atoms with Gasteiger partial charge in [-0.15, -0.1) is 10.2 Å². The fraction of sp³-hybridized carbons (Fsp3) is 0.200. The Morgan fingerprint density at radius 3 is 2.28 bits per heavy atom. The molecule has 0 aliphatic carbocycles. The van der Waals surface area contributed by atoms with Gasteiger partial charge in [-0.3, -0.25) is 0 Å². The van der Waals surface area contributed by atoms with Crippen molar-refractivity contribution in [3.8, 4) is 22.4 Å². The maximum absolute atomic E-state index is 6.00. The summed E-state index contributed by atoms with van der Waals surface area (Å²) < 4.78 is 5.47. The molecule has 5 heteroatoms. The second-order valence-electron chi connectivity index (χ2n) is 5.94. The first-order chi connectivity index (χ1) is 12.3. The second kappa shape index (κ2) is 7.21. The Labute approximate surface area is 152 Å². The van der Waals surface area contributed by atoms with E-state index in [0.717, 1.165) is 54.5 Å². The van der Waals surface area contributed by atoms with E-state index in [2.05, 4.69) is 33.3 Å². The standard InChI is InChI=1S/C20H18ClN3O/c21-17-8-6-16(7-9-17)19-14-18(15-4-2-1-3-5-15)20(23-22-19)24-10-12-25-13-11-24/h1-9,14H,10-13H2. The molecule has 0 atom stereocenters. The Hall–Kier alpha value is -2.43. The van der Waals surface area contributed by atoms with Crippen LogP contribution in [0.5, 0.6) is 0 Å². The highest BCUT2D eigenvalue weighted by Crippen LogP contribution is 2.32. The Bertz CT molecular complexity index is 847. The van der Waals surface area contributed by atoms with Gasteiger partial charge in [0.15, 0.2) is 5.82 Å². The fourth-order valence-corrected chi connectivity index (χ4v) is 3.11. The maximum Gasteiger partial charge on any atom is 0.159 e. The molecule has 0 radical (unpaired) electrons. The van der Waals surface area contributed by atoms with E-state index in [9.17, 15) is 0 Å².